The Bertz CT molecular complexity index is 1040. The van der Waals surface area contributed by atoms with E-state index in [2.05, 4.69) is 0 Å². The van der Waals surface area contributed by atoms with Gasteiger partial charge in [-0.3, -0.25) is 4.79 Å². The molecule has 1 fully saturated rings. The van der Waals surface area contributed by atoms with Crippen LogP contribution in [0.4, 0.5) is 0 Å². The Labute approximate surface area is 171 Å². The van der Waals surface area contributed by atoms with Crippen LogP contribution in [0.25, 0.3) is 0 Å². The molecule has 154 valence electrons. The van der Waals surface area contributed by atoms with Crippen LogP contribution in [0.2, 0.25) is 0 Å². The van der Waals surface area contributed by atoms with Gasteiger partial charge in [0.25, 0.3) is 0 Å². The topological polar surface area (TPSA) is 80.8 Å². The molecule has 1 aliphatic rings. The number of nitrogens with zero attached hydrogens (tertiary/aromatic N) is 1. The predicted octanol–water partition coefficient (Wildman–Crippen LogP) is 3.52. The highest BCUT2D eigenvalue weighted by Crippen LogP contribution is 2.22. The van der Waals surface area contributed by atoms with Crippen molar-refractivity contribution in [1.82, 2.24) is 4.31 Å². The molecule has 1 atom stereocenters. The van der Waals surface area contributed by atoms with Gasteiger partial charge in [0.1, 0.15) is 0 Å². The van der Waals surface area contributed by atoms with E-state index in [4.69, 9.17) is 4.74 Å². The summed E-state index contributed by atoms with van der Waals surface area (Å²) >= 11 is 0. The van der Waals surface area contributed by atoms with Crippen molar-refractivity contribution in [3.8, 4) is 0 Å². The Morgan fingerprint density at radius 3 is 2.31 bits per heavy atom. The zero-order chi connectivity index (χ0) is 21.2. The second-order valence-electron chi connectivity index (χ2n) is 7.35. The van der Waals surface area contributed by atoms with Gasteiger partial charge in [-0.1, -0.05) is 18.2 Å². The van der Waals surface area contributed by atoms with E-state index in [1.807, 2.05) is 19.9 Å². The number of rotatable bonds is 6. The molecule has 2 aromatic rings. The first-order valence-corrected chi connectivity index (χ1v) is 11.1. The molecule has 0 aliphatic carbocycles. The molecule has 0 saturated carbocycles. The van der Waals surface area contributed by atoms with Gasteiger partial charge < -0.3 is 4.74 Å². The third kappa shape index (κ3) is 4.57. The molecule has 0 amide bonds. The van der Waals surface area contributed by atoms with Gasteiger partial charge >= 0.3 is 5.97 Å². The Morgan fingerprint density at radius 2 is 1.66 bits per heavy atom. The Hall–Kier alpha value is -2.51. The fraction of sp³-hybridized carbons (Fsp3) is 0.364. The molecule has 3 rings (SSSR count). The first kappa shape index (κ1) is 21.2. The first-order chi connectivity index (χ1) is 13.7. The number of hydrogen-bond donors (Lipinski definition) is 0. The normalized spacial score (nSPS) is 15.8. The maximum atomic E-state index is 12.7. The lowest BCUT2D eigenvalue weighted by Gasteiger charge is -2.16. The van der Waals surface area contributed by atoms with Crippen LogP contribution >= 0.6 is 0 Å². The minimum Gasteiger partial charge on any atom is -0.451 e. The number of carbonyl (C=O) groups is 2. The van der Waals surface area contributed by atoms with Crippen LogP contribution in [0.3, 0.4) is 0 Å². The monoisotopic (exact) mass is 415 g/mol. The molecule has 0 bridgehead atoms. The van der Waals surface area contributed by atoms with Gasteiger partial charge in [-0.05, 0) is 69.0 Å². The lowest BCUT2D eigenvalue weighted by Crippen LogP contribution is -2.28. The van der Waals surface area contributed by atoms with E-state index >= 15 is 0 Å². The number of Topliss-reactive ketones (excluding diaryl/α,β-unsaturated/α-hetero) is 1. The number of ether oxygens (including phenoxy) is 1. The SMILES string of the molecule is Cc1ccc(C(=O)[C@H](C)OC(=O)c2cccc(S(=O)(=O)N3CCCC3)c2)cc1C. The highest BCUT2D eigenvalue weighted by molar-refractivity contribution is 7.89. The van der Waals surface area contributed by atoms with E-state index < -0.39 is 22.1 Å². The molecule has 2 aromatic carbocycles. The average molecular weight is 416 g/mol. The van der Waals surface area contributed by atoms with E-state index in [-0.39, 0.29) is 16.2 Å². The number of aryl methyl sites for hydroxylation is 2. The van der Waals surface area contributed by atoms with Crippen molar-refractivity contribution in [2.24, 2.45) is 0 Å². The summed E-state index contributed by atoms with van der Waals surface area (Å²) in [6.45, 7) is 6.35. The number of sulfonamides is 1. The van der Waals surface area contributed by atoms with Crippen LogP contribution in [0.1, 0.15) is 51.6 Å². The van der Waals surface area contributed by atoms with Crippen molar-refractivity contribution in [2.75, 3.05) is 13.1 Å². The number of ketones is 1. The smallest absolute Gasteiger partial charge is 0.338 e. The number of hydrogen-bond acceptors (Lipinski definition) is 5. The largest absolute Gasteiger partial charge is 0.451 e. The standard InChI is InChI=1S/C22H25NO5S/c1-15-9-10-18(13-16(15)2)21(24)17(3)28-22(25)19-7-6-8-20(14-19)29(26,27)23-11-4-5-12-23/h6-10,13-14,17H,4-5,11-12H2,1-3H3/t17-/m0/s1. The molecule has 1 aliphatic heterocycles. The highest BCUT2D eigenvalue weighted by atomic mass is 32.2. The van der Waals surface area contributed by atoms with Crippen molar-refractivity contribution in [3.05, 3.63) is 64.7 Å². The van der Waals surface area contributed by atoms with E-state index in [1.165, 1.54) is 35.5 Å². The van der Waals surface area contributed by atoms with E-state index in [0.717, 1.165) is 24.0 Å². The Kier molecular flexibility index (Phi) is 6.19. The first-order valence-electron chi connectivity index (χ1n) is 9.63. The van der Waals surface area contributed by atoms with Crippen LogP contribution in [-0.4, -0.2) is 43.7 Å². The molecular formula is C22H25NO5S. The van der Waals surface area contributed by atoms with Crippen molar-refractivity contribution in [3.63, 3.8) is 0 Å². The summed E-state index contributed by atoms with van der Waals surface area (Å²) in [6.07, 6.45) is 0.682. The van der Waals surface area contributed by atoms with Gasteiger partial charge in [0.2, 0.25) is 15.8 Å². The zero-order valence-electron chi connectivity index (χ0n) is 16.8. The van der Waals surface area contributed by atoms with Crippen molar-refractivity contribution in [2.45, 2.75) is 44.6 Å². The van der Waals surface area contributed by atoms with Gasteiger partial charge in [0.15, 0.2) is 6.10 Å². The van der Waals surface area contributed by atoms with Gasteiger partial charge in [-0.15, -0.1) is 0 Å². The molecule has 1 heterocycles. The molecule has 0 unspecified atom stereocenters. The Balaban J connectivity index is 1.75. The second-order valence-corrected chi connectivity index (χ2v) is 9.29. The third-order valence-corrected chi connectivity index (χ3v) is 7.11. The van der Waals surface area contributed by atoms with E-state index in [9.17, 15) is 18.0 Å². The second kappa shape index (κ2) is 8.47. The van der Waals surface area contributed by atoms with Crippen LogP contribution < -0.4 is 0 Å². The lowest BCUT2D eigenvalue weighted by atomic mass is 10.0. The van der Waals surface area contributed by atoms with Gasteiger partial charge in [-0.2, -0.15) is 4.31 Å². The third-order valence-electron chi connectivity index (χ3n) is 5.22. The number of esters is 1. The fourth-order valence-electron chi connectivity index (χ4n) is 3.27. The van der Waals surface area contributed by atoms with Crippen molar-refractivity contribution >= 4 is 21.8 Å². The maximum Gasteiger partial charge on any atom is 0.338 e. The van der Waals surface area contributed by atoms with E-state index in [1.54, 1.807) is 12.1 Å². The minimum absolute atomic E-state index is 0.0574. The summed E-state index contributed by atoms with van der Waals surface area (Å²) in [4.78, 5) is 25.2. The Morgan fingerprint density at radius 1 is 0.966 bits per heavy atom. The molecule has 0 aromatic heterocycles. The van der Waals surface area contributed by atoms with Gasteiger partial charge in [-0.25, -0.2) is 13.2 Å². The zero-order valence-corrected chi connectivity index (χ0v) is 17.7. The average Bonchev–Trinajstić information content (AvgIpc) is 3.25. The maximum absolute atomic E-state index is 12.7. The van der Waals surface area contributed by atoms with Crippen LogP contribution in [0.15, 0.2) is 47.4 Å². The summed E-state index contributed by atoms with van der Waals surface area (Å²) in [5.41, 5.74) is 2.63. The van der Waals surface area contributed by atoms with Crippen molar-refractivity contribution in [1.29, 1.82) is 0 Å². The fourth-order valence-corrected chi connectivity index (χ4v) is 4.84. The van der Waals surface area contributed by atoms with Crippen LogP contribution in [0.5, 0.6) is 0 Å². The predicted molar refractivity (Wildman–Crippen MR) is 110 cm³/mol. The summed E-state index contributed by atoms with van der Waals surface area (Å²) in [7, 11) is -3.63. The quantitative estimate of drug-likeness (QED) is 0.533. The summed E-state index contributed by atoms with van der Waals surface area (Å²) in [6, 6.07) is 11.1. The number of carbonyl (C=O) groups excluding carboxylic acids is 2. The molecule has 0 radical (unpaired) electrons. The van der Waals surface area contributed by atoms with Crippen LogP contribution in [0, 0.1) is 13.8 Å². The number of benzene rings is 2. The van der Waals surface area contributed by atoms with Gasteiger partial charge in [0, 0.05) is 18.7 Å². The minimum atomic E-state index is -3.63. The highest BCUT2D eigenvalue weighted by Gasteiger charge is 2.28. The van der Waals surface area contributed by atoms with Gasteiger partial charge in [0.05, 0.1) is 10.5 Å². The van der Waals surface area contributed by atoms with Crippen LogP contribution in [-0.2, 0) is 14.8 Å². The summed E-state index contributed by atoms with van der Waals surface area (Å²) in [5.74, 6) is -1.03. The molecule has 0 N–H and O–H groups in total. The molecule has 6 nitrogen and oxygen atoms in total. The lowest BCUT2D eigenvalue weighted by molar-refractivity contribution is 0.0318. The molecule has 0 spiro atoms. The molecule has 7 heteroatoms. The summed E-state index contributed by atoms with van der Waals surface area (Å²) < 4.78 is 32.1. The molecule has 1 saturated heterocycles. The molecular weight excluding hydrogens is 390 g/mol. The van der Waals surface area contributed by atoms with E-state index in [0.29, 0.717) is 18.7 Å². The molecule has 29 heavy (non-hydrogen) atoms. The van der Waals surface area contributed by atoms with Crippen molar-refractivity contribution < 1.29 is 22.7 Å². The summed E-state index contributed by atoms with van der Waals surface area (Å²) in [5, 5.41) is 0.